The van der Waals surface area contributed by atoms with Crippen LogP contribution >= 0.6 is 40.3 Å². The van der Waals surface area contributed by atoms with Crippen molar-refractivity contribution < 1.29 is 14.3 Å². The number of thioether (sulfide) groups is 1. The van der Waals surface area contributed by atoms with Gasteiger partial charge in [-0.05, 0) is 48.0 Å². The Hall–Kier alpha value is -2.35. The molecule has 3 rings (SSSR count). The van der Waals surface area contributed by atoms with E-state index >= 15 is 0 Å². The molecule has 0 fully saturated rings. The van der Waals surface area contributed by atoms with Crippen LogP contribution in [0.4, 0.5) is 0 Å². The molecule has 8 heteroatoms. The van der Waals surface area contributed by atoms with E-state index in [1.165, 1.54) is 16.7 Å². The van der Waals surface area contributed by atoms with Gasteiger partial charge in [0, 0.05) is 17.1 Å². The van der Waals surface area contributed by atoms with Crippen LogP contribution in [0.25, 0.3) is 6.08 Å². The number of halogens is 2. The summed E-state index contributed by atoms with van der Waals surface area (Å²) in [6.07, 6.45) is 3.34. The van der Waals surface area contributed by atoms with Gasteiger partial charge in [-0.25, -0.2) is 4.99 Å². The summed E-state index contributed by atoms with van der Waals surface area (Å²) in [5.74, 6) is 0.616. The maximum Gasteiger partial charge on any atom is 0.278 e. The van der Waals surface area contributed by atoms with Crippen molar-refractivity contribution in [2.45, 2.75) is 0 Å². The standard InChI is InChI=1S/C22H19ClN2O3S.BrH/c1-3-12-25-21(27)19(13-15-4-10-18(28-2)11-5-15)24-22(25)29-14-20(26)16-6-8-17(23)9-7-16;/h3-11,13H,1,12,14H2,2H3;1H/b19-13+;. The highest BCUT2D eigenvalue weighted by atomic mass is 79.9. The summed E-state index contributed by atoms with van der Waals surface area (Å²) in [6, 6.07) is 14.1. The van der Waals surface area contributed by atoms with Gasteiger partial charge in [-0.15, -0.1) is 23.6 Å². The number of ether oxygens (including phenoxy) is 1. The third-order valence-electron chi connectivity index (χ3n) is 4.14. The second-order valence-corrected chi connectivity index (χ2v) is 7.50. The molecule has 0 N–H and O–H groups in total. The number of Topliss-reactive ketones (excluding diaryl/α,β-unsaturated/α-hetero) is 1. The molecule has 0 spiro atoms. The van der Waals surface area contributed by atoms with Crippen molar-refractivity contribution in [1.82, 2.24) is 4.90 Å². The number of carbonyl (C=O) groups excluding carboxylic acids is 2. The lowest BCUT2D eigenvalue weighted by Crippen LogP contribution is -2.31. The van der Waals surface area contributed by atoms with Crippen molar-refractivity contribution in [3.8, 4) is 5.75 Å². The molecular weight excluding hydrogens is 488 g/mol. The highest BCUT2D eigenvalue weighted by molar-refractivity contribution is 8.93. The second kappa shape index (κ2) is 11.2. The van der Waals surface area contributed by atoms with E-state index in [1.807, 2.05) is 24.3 Å². The minimum Gasteiger partial charge on any atom is -0.497 e. The molecule has 1 aliphatic heterocycles. The number of benzene rings is 2. The first kappa shape index (κ1) is 23.9. The maximum atomic E-state index is 12.7. The van der Waals surface area contributed by atoms with Gasteiger partial charge in [0.2, 0.25) is 0 Å². The molecule has 2 aromatic carbocycles. The number of hydrogen-bond acceptors (Lipinski definition) is 5. The van der Waals surface area contributed by atoms with Gasteiger partial charge in [0.15, 0.2) is 11.0 Å². The molecular formula is C22H20BrClN2O3S. The number of aliphatic imine (C=N–C) groups is 1. The molecule has 1 heterocycles. The van der Waals surface area contributed by atoms with Crippen LogP contribution in [0.2, 0.25) is 5.02 Å². The highest BCUT2D eigenvalue weighted by Crippen LogP contribution is 2.25. The third kappa shape index (κ3) is 5.84. The van der Waals surface area contributed by atoms with Crippen molar-refractivity contribution in [1.29, 1.82) is 0 Å². The van der Waals surface area contributed by atoms with E-state index in [4.69, 9.17) is 16.3 Å². The number of hydrogen-bond donors (Lipinski definition) is 0. The number of amides is 1. The molecule has 1 amide bonds. The van der Waals surface area contributed by atoms with Crippen LogP contribution in [0.1, 0.15) is 15.9 Å². The second-order valence-electron chi connectivity index (χ2n) is 6.12. The molecule has 30 heavy (non-hydrogen) atoms. The molecule has 0 saturated heterocycles. The van der Waals surface area contributed by atoms with Crippen LogP contribution in [0.5, 0.6) is 5.75 Å². The van der Waals surface area contributed by atoms with Gasteiger partial charge in [0.1, 0.15) is 11.4 Å². The average molecular weight is 508 g/mol. The number of carbonyl (C=O) groups is 2. The van der Waals surface area contributed by atoms with E-state index < -0.39 is 0 Å². The fourth-order valence-electron chi connectivity index (χ4n) is 2.64. The van der Waals surface area contributed by atoms with Crippen molar-refractivity contribution in [2.24, 2.45) is 4.99 Å². The molecule has 2 aromatic rings. The van der Waals surface area contributed by atoms with Crippen LogP contribution < -0.4 is 4.74 Å². The molecule has 0 atom stereocenters. The predicted octanol–water partition coefficient (Wildman–Crippen LogP) is 5.27. The van der Waals surface area contributed by atoms with Gasteiger partial charge >= 0.3 is 0 Å². The normalized spacial score (nSPS) is 14.3. The van der Waals surface area contributed by atoms with E-state index in [2.05, 4.69) is 11.6 Å². The summed E-state index contributed by atoms with van der Waals surface area (Å²) < 4.78 is 5.15. The Morgan fingerprint density at radius 1 is 1.20 bits per heavy atom. The van der Waals surface area contributed by atoms with Crippen LogP contribution in [0.15, 0.2) is 71.9 Å². The van der Waals surface area contributed by atoms with E-state index in [9.17, 15) is 9.59 Å². The summed E-state index contributed by atoms with van der Waals surface area (Å²) >= 11 is 7.09. The molecule has 0 bridgehead atoms. The largest absolute Gasteiger partial charge is 0.497 e. The van der Waals surface area contributed by atoms with Gasteiger partial charge < -0.3 is 4.74 Å². The maximum absolute atomic E-state index is 12.7. The SMILES string of the molecule is Br.C=CCN1C(=O)/C(=C\c2ccc(OC)cc2)N=C1SCC(=O)c1ccc(Cl)cc1. The molecule has 156 valence electrons. The molecule has 0 aromatic heterocycles. The van der Waals surface area contributed by atoms with Gasteiger partial charge in [-0.2, -0.15) is 0 Å². The first-order valence-electron chi connectivity index (χ1n) is 8.80. The number of methoxy groups -OCH3 is 1. The lowest BCUT2D eigenvalue weighted by molar-refractivity contribution is -0.122. The Kier molecular flexibility index (Phi) is 8.89. The van der Waals surface area contributed by atoms with E-state index in [-0.39, 0.29) is 34.4 Å². The van der Waals surface area contributed by atoms with Crippen LogP contribution in [0, 0.1) is 0 Å². The molecule has 0 radical (unpaired) electrons. The summed E-state index contributed by atoms with van der Waals surface area (Å²) in [5, 5.41) is 1.06. The Balaban J connectivity index is 0.00000320. The average Bonchev–Trinajstić information content (AvgIpc) is 3.02. The quantitative estimate of drug-likeness (QED) is 0.291. The Bertz CT molecular complexity index is 988. The zero-order valence-corrected chi connectivity index (χ0v) is 19.5. The van der Waals surface area contributed by atoms with Crippen molar-refractivity contribution in [3.63, 3.8) is 0 Å². The first-order valence-corrected chi connectivity index (χ1v) is 10.2. The Labute approximate surface area is 195 Å². The van der Waals surface area contributed by atoms with Gasteiger partial charge in [0.05, 0.1) is 12.9 Å². The molecule has 0 saturated carbocycles. The minimum atomic E-state index is -0.220. The fraction of sp³-hybridized carbons (Fsp3) is 0.136. The molecule has 5 nitrogen and oxygen atoms in total. The Morgan fingerprint density at radius 2 is 1.87 bits per heavy atom. The van der Waals surface area contributed by atoms with Crippen molar-refractivity contribution in [2.75, 3.05) is 19.4 Å². The smallest absolute Gasteiger partial charge is 0.278 e. The van der Waals surface area contributed by atoms with E-state index in [1.54, 1.807) is 43.5 Å². The summed E-state index contributed by atoms with van der Waals surface area (Å²) in [4.78, 5) is 31.1. The lowest BCUT2D eigenvalue weighted by atomic mass is 10.1. The monoisotopic (exact) mass is 506 g/mol. The summed E-state index contributed by atoms with van der Waals surface area (Å²) in [7, 11) is 1.60. The third-order valence-corrected chi connectivity index (χ3v) is 5.37. The van der Waals surface area contributed by atoms with E-state index in [0.29, 0.717) is 28.0 Å². The number of ketones is 1. The van der Waals surface area contributed by atoms with Crippen LogP contribution in [-0.4, -0.2) is 41.2 Å². The fourth-order valence-corrected chi connectivity index (χ4v) is 3.67. The van der Waals surface area contributed by atoms with Gasteiger partial charge in [-0.1, -0.05) is 41.6 Å². The van der Waals surface area contributed by atoms with Crippen LogP contribution in [0.3, 0.4) is 0 Å². The molecule has 1 aliphatic rings. The van der Waals surface area contributed by atoms with Gasteiger partial charge in [-0.3, -0.25) is 14.5 Å². The molecule has 0 aliphatic carbocycles. The Morgan fingerprint density at radius 3 is 2.47 bits per heavy atom. The minimum absolute atomic E-state index is 0. The van der Waals surface area contributed by atoms with Crippen LogP contribution in [-0.2, 0) is 4.79 Å². The van der Waals surface area contributed by atoms with E-state index in [0.717, 1.165) is 11.3 Å². The topological polar surface area (TPSA) is 59.0 Å². The highest BCUT2D eigenvalue weighted by Gasteiger charge is 2.30. The number of rotatable bonds is 7. The van der Waals surface area contributed by atoms with Crippen molar-refractivity contribution >= 4 is 63.3 Å². The zero-order chi connectivity index (χ0) is 20.8. The zero-order valence-electron chi connectivity index (χ0n) is 16.2. The van der Waals surface area contributed by atoms with Crippen molar-refractivity contribution in [3.05, 3.63) is 83.0 Å². The molecule has 0 unspecified atom stereocenters. The number of amidine groups is 1. The summed E-state index contributed by atoms with van der Waals surface area (Å²) in [5.41, 5.74) is 1.72. The predicted molar refractivity (Wildman–Crippen MR) is 129 cm³/mol. The lowest BCUT2D eigenvalue weighted by Gasteiger charge is -2.15. The van der Waals surface area contributed by atoms with Gasteiger partial charge in [0.25, 0.3) is 5.91 Å². The summed E-state index contributed by atoms with van der Waals surface area (Å²) in [6.45, 7) is 4.02. The number of nitrogens with zero attached hydrogens (tertiary/aromatic N) is 2. The first-order chi connectivity index (χ1) is 14.0.